The minimum atomic E-state index is -0.595. The topological polar surface area (TPSA) is 99.6 Å². The first kappa shape index (κ1) is 22.5. The summed E-state index contributed by atoms with van der Waals surface area (Å²) >= 11 is 0. The molecule has 3 aromatic rings. The summed E-state index contributed by atoms with van der Waals surface area (Å²) in [6.45, 7) is 2.34. The van der Waals surface area contributed by atoms with Gasteiger partial charge in [0.15, 0.2) is 5.82 Å². The molecule has 178 valence electrons. The van der Waals surface area contributed by atoms with Gasteiger partial charge < -0.3 is 9.64 Å². The highest BCUT2D eigenvalue weighted by molar-refractivity contribution is 5.79. The molecule has 0 bridgehead atoms. The van der Waals surface area contributed by atoms with Gasteiger partial charge in [-0.1, -0.05) is 0 Å². The number of carbonyl (C=O) groups is 1. The van der Waals surface area contributed by atoms with Crippen molar-refractivity contribution in [3.63, 3.8) is 0 Å². The van der Waals surface area contributed by atoms with Crippen LogP contribution in [0.25, 0.3) is 11.4 Å². The zero-order valence-electron chi connectivity index (χ0n) is 19.0. The summed E-state index contributed by atoms with van der Waals surface area (Å²) in [6.07, 6.45) is 3.25. The fraction of sp³-hybridized carbons (Fsp3) is 0.292. The molecule has 1 aromatic carbocycles. The molecule has 5 rings (SSSR count). The van der Waals surface area contributed by atoms with Gasteiger partial charge in [0.05, 0.1) is 48.3 Å². The fourth-order valence-corrected chi connectivity index (χ4v) is 4.27. The van der Waals surface area contributed by atoms with Crippen LogP contribution in [-0.4, -0.2) is 56.1 Å². The average molecular weight is 477 g/mol. The van der Waals surface area contributed by atoms with Crippen molar-refractivity contribution >= 4 is 12.2 Å². The Morgan fingerprint density at radius 3 is 2.74 bits per heavy atom. The van der Waals surface area contributed by atoms with Crippen molar-refractivity contribution in [3.8, 4) is 23.3 Å². The number of urea groups is 1. The Bertz CT molecular complexity index is 1360. The standard InChI is InChI=1S/C24H21F2N7O2/c1-14-11-29-31(2)22(14)20-4-3-19(26)23(30-20)35-18-12-32(13-18)24(34)33-21(5-6-28-33)16-7-15(10-27)8-17(25)9-16/h3-4,6-9,11,18,21H,5,12-13H2,1-2H3/t21-/m0/s1. The largest absolute Gasteiger partial charge is 0.468 e. The van der Waals surface area contributed by atoms with Gasteiger partial charge in [-0.3, -0.25) is 4.68 Å². The number of hydrogen-bond donors (Lipinski definition) is 0. The van der Waals surface area contributed by atoms with Crippen LogP contribution in [0.4, 0.5) is 13.6 Å². The number of carbonyl (C=O) groups excluding carboxylic acids is 1. The number of benzene rings is 1. The van der Waals surface area contributed by atoms with Crippen molar-refractivity contribution in [3.05, 3.63) is 64.9 Å². The van der Waals surface area contributed by atoms with E-state index in [1.54, 1.807) is 36.3 Å². The van der Waals surface area contributed by atoms with Crippen molar-refractivity contribution in [1.29, 1.82) is 5.26 Å². The van der Waals surface area contributed by atoms with Crippen LogP contribution in [0.15, 0.2) is 41.6 Å². The Morgan fingerprint density at radius 2 is 2.03 bits per heavy atom. The maximum Gasteiger partial charge on any atom is 0.341 e. The lowest BCUT2D eigenvalue weighted by atomic mass is 10.0. The minimum Gasteiger partial charge on any atom is -0.468 e. The van der Waals surface area contributed by atoms with Crippen molar-refractivity contribution in [2.45, 2.75) is 25.5 Å². The van der Waals surface area contributed by atoms with Crippen LogP contribution < -0.4 is 4.74 Å². The van der Waals surface area contributed by atoms with Gasteiger partial charge in [0, 0.05) is 19.7 Å². The molecule has 9 nitrogen and oxygen atoms in total. The SMILES string of the molecule is Cc1cnn(C)c1-c1ccc(F)c(OC2CN(C(=O)N3N=CC[C@H]3c3cc(F)cc(C#N)c3)C2)n1. The highest BCUT2D eigenvalue weighted by Crippen LogP contribution is 2.32. The quantitative estimate of drug-likeness (QED) is 0.572. The van der Waals surface area contributed by atoms with Crippen LogP contribution in [0, 0.1) is 29.9 Å². The molecular weight excluding hydrogens is 456 g/mol. The number of amides is 2. The van der Waals surface area contributed by atoms with Crippen molar-refractivity contribution in [2.75, 3.05) is 13.1 Å². The van der Waals surface area contributed by atoms with E-state index in [9.17, 15) is 13.6 Å². The molecule has 4 heterocycles. The summed E-state index contributed by atoms with van der Waals surface area (Å²) < 4.78 is 35.7. The van der Waals surface area contributed by atoms with Gasteiger partial charge in [0.2, 0.25) is 0 Å². The molecular formula is C24H21F2N7O2. The van der Waals surface area contributed by atoms with Crippen molar-refractivity contribution in [2.24, 2.45) is 12.1 Å². The molecule has 2 aliphatic rings. The molecule has 0 radical (unpaired) electrons. The number of rotatable bonds is 4. The maximum atomic E-state index is 14.4. The second-order valence-corrected chi connectivity index (χ2v) is 8.49. The van der Waals surface area contributed by atoms with Gasteiger partial charge in [0.1, 0.15) is 11.9 Å². The lowest BCUT2D eigenvalue weighted by Gasteiger charge is -2.40. The number of aromatic nitrogens is 3. The Morgan fingerprint density at radius 1 is 1.23 bits per heavy atom. The second-order valence-electron chi connectivity index (χ2n) is 8.49. The lowest BCUT2D eigenvalue weighted by molar-refractivity contribution is 0.0231. The first-order chi connectivity index (χ1) is 16.8. The summed E-state index contributed by atoms with van der Waals surface area (Å²) in [5, 5.41) is 18.7. The number of hydrogen-bond acceptors (Lipinski definition) is 6. The van der Waals surface area contributed by atoms with E-state index in [1.807, 2.05) is 13.0 Å². The van der Waals surface area contributed by atoms with Crippen LogP contribution in [0.2, 0.25) is 0 Å². The van der Waals surface area contributed by atoms with Crippen molar-refractivity contribution in [1.82, 2.24) is 24.7 Å². The summed E-state index contributed by atoms with van der Waals surface area (Å²) in [5.74, 6) is -1.28. The van der Waals surface area contributed by atoms with Crippen LogP contribution in [0.5, 0.6) is 5.88 Å². The van der Waals surface area contributed by atoms with Crippen LogP contribution in [-0.2, 0) is 7.05 Å². The monoisotopic (exact) mass is 477 g/mol. The van der Waals surface area contributed by atoms with Gasteiger partial charge in [-0.15, -0.1) is 0 Å². The Labute approximate surface area is 199 Å². The third-order valence-electron chi connectivity index (χ3n) is 6.03. The molecule has 2 aliphatic heterocycles. The van der Waals surface area contributed by atoms with Gasteiger partial charge in [-0.25, -0.2) is 23.6 Å². The van der Waals surface area contributed by atoms with E-state index < -0.39 is 23.8 Å². The highest BCUT2D eigenvalue weighted by Gasteiger charge is 2.39. The van der Waals surface area contributed by atoms with Gasteiger partial charge in [0.25, 0.3) is 5.88 Å². The summed E-state index contributed by atoms with van der Waals surface area (Å²) in [5.41, 5.74) is 2.87. The highest BCUT2D eigenvalue weighted by atomic mass is 19.1. The number of likely N-dealkylation sites (tertiary alicyclic amines) is 1. The molecule has 0 N–H and O–H groups in total. The van der Waals surface area contributed by atoms with Gasteiger partial charge >= 0.3 is 6.03 Å². The number of aryl methyl sites for hydroxylation is 2. The normalized spacial score (nSPS) is 17.4. The zero-order valence-corrected chi connectivity index (χ0v) is 19.0. The molecule has 1 saturated heterocycles. The van der Waals surface area contributed by atoms with E-state index in [0.717, 1.165) is 17.3 Å². The Hall–Kier alpha value is -4.33. The van der Waals surface area contributed by atoms with E-state index in [1.165, 1.54) is 22.0 Å². The zero-order chi connectivity index (χ0) is 24.7. The van der Waals surface area contributed by atoms with Crippen molar-refractivity contribution < 1.29 is 18.3 Å². The van der Waals surface area contributed by atoms with E-state index in [-0.39, 0.29) is 30.6 Å². The summed E-state index contributed by atoms with van der Waals surface area (Å²) in [6, 6.07) is 7.89. The second kappa shape index (κ2) is 8.79. The first-order valence-electron chi connectivity index (χ1n) is 11.0. The number of ether oxygens (including phenoxy) is 1. The van der Waals surface area contributed by atoms with E-state index in [2.05, 4.69) is 15.2 Å². The predicted octanol–water partition coefficient (Wildman–Crippen LogP) is 3.56. The Kier molecular flexibility index (Phi) is 5.64. The number of nitriles is 1. The Balaban J connectivity index is 1.25. The number of pyridine rings is 1. The predicted molar refractivity (Wildman–Crippen MR) is 121 cm³/mol. The smallest absolute Gasteiger partial charge is 0.341 e. The molecule has 2 aromatic heterocycles. The minimum absolute atomic E-state index is 0.138. The van der Waals surface area contributed by atoms with Crippen LogP contribution in [0.3, 0.4) is 0 Å². The maximum absolute atomic E-state index is 14.4. The summed E-state index contributed by atoms with van der Waals surface area (Å²) in [7, 11) is 1.78. The summed E-state index contributed by atoms with van der Waals surface area (Å²) in [4.78, 5) is 18.9. The van der Waals surface area contributed by atoms with Crippen LogP contribution in [0.1, 0.15) is 29.2 Å². The number of hydrazone groups is 1. The van der Waals surface area contributed by atoms with Gasteiger partial charge in [-0.05, 0) is 48.4 Å². The first-order valence-corrected chi connectivity index (χ1v) is 11.0. The average Bonchev–Trinajstić information content (AvgIpc) is 3.43. The third-order valence-corrected chi connectivity index (χ3v) is 6.03. The molecule has 2 amide bonds. The van der Waals surface area contributed by atoms with E-state index >= 15 is 0 Å². The van der Waals surface area contributed by atoms with E-state index in [4.69, 9.17) is 10.00 Å². The van der Waals surface area contributed by atoms with E-state index in [0.29, 0.717) is 17.7 Å². The molecule has 35 heavy (non-hydrogen) atoms. The molecule has 0 unspecified atom stereocenters. The fourth-order valence-electron chi connectivity index (χ4n) is 4.27. The molecule has 0 spiro atoms. The number of nitrogens with zero attached hydrogens (tertiary/aromatic N) is 7. The van der Waals surface area contributed by atoms with Gasteiger partial charge in [-0.2, -0.15) is 15.5 Å². The molecule has 0 saturated carbocycles. The lowest BCUT2D eigenvalue weighted by Crippen LogP contribution is -2.59. The molecule has 1 fully saturated rings. The molecule has 0 aliphatic carbocycles. The molecule has 1 atom stereocenters. The number of halogens is 2. The molecule has 11 heteroatoms. The van der Waals surface area contributed by atoms with Crippen LogP contribution >= 0.6 is 0 Å². The third kappa shape index (κ3) is 4.19.